The van der Waals surface area contributed by atoms with E-state index in [0.29, 0.717) is 11.3 Å². The van der Waals surface area contributed by atoms with E-state index in [0.717, 1.165) is 18.9 Å². The minimum Gasteiger partial charge on any atom is -0.500 e. The van der Waals surface area contributed by atoms with Crippen LogP contribution in [0.4, 0.5) is 5.82 Å². The van der Waals surface area contributed by atoms with Gasteiger partial charge in [-0.05, 0) is 0 Å². The van der Waals surface area contributed by atoms with Crippen LogP contribution in [-0.2, 0) is 13.6 Å². The normalized spacial score (nSPS) is 13.4. The van der Waals surface area contributed by atoms with Gasteiger partial charge in [-0.1, -0.05) is 0 Å². The smallest absolute Gasteiger partial charge is 0.362 e. The third-order valence-electron chi connectivity index (χ3n) is 3.00. The Hall–Kier alpha value is -2.51. The summed E-state index contributed by atoms with van der Waals surface area (Å²) < 4.78 is 3.25. The number of nitrogens with zero attached hydrogens (tertiary/aromatic N) is 3. The summed E-state index contributed by atoms with van der Waals surface area (Å²) in [5.74, 6) is -0.697. The number of hydrogen-bond acceptors (Lipinski definition) is 4. The van der Waals surface area contributed by atoms with Crippen LogP contribution in [0.15, 0.2) is 6.20 Å². The molecule has 2 aromatic rings. The fraction of sp³-hybridized carbons (Fsp3) is 0.300. The molecule has 1 aliphatic rings. The Kier molecular flexibility index (Phi) is 2.06. The van der Waals surface area contributed by atoms with Gasteiger partial charge < -0.3 is 15.5 Å². The van der Waals surface area contributed by atoms with E-state index in [1.165, 1.54) is 4.68 Å². The molecule has 3 rings (SSSR count). The molecule has 0 radical (unpaired) electrons. The number of carbonyl (C=O) groups is 1. The summed E-state index contributed by atoms with van der Waals surface area (Å²) in [7, 11) is 1.64. The number of rotatable bonds is 2. The summed E-state index contributed by atoms with van der Waals surface area (Å²) in [4.78, 5) is 10.9. The van der Waals surface area contributed by atoms with E-state index >= 15 is 0 Å². The predicted octanol–water partition coefficient (Wildman–Crippen LogP) is -0.468. The van der Waals surface area contributed by atoms with Gasteiger partial charge in [0.2, 0.25) is 11.4 Å². The molecule has 18 heavy (non-hydrogen) atoms. The molecule has 0 bridgehead atoms. The second kappa shape index (κ2) is 3.49. The molecule has 0 aliphatic carbocycles. The maximum atomic E-state index is 10.9. The molecular formula is C10H12N5O3+. The van der Waals surface area contributed by atoms with E-state index < -0.39 is 5.97 Å². The van der Waals surface area contributed by atoms with E-state index in [9.17, 15) is 9.90 Å². The standard InChI is InChI=1S/C10H11N5O3/c1-14-7(8(16)6(13-14)10(17)18)5-4-12-15-3-2-11-9(5)15/h4H,2-3H2,1H3,(H3,11,12,13,16,17,18)/p+1. The van der Waals surface area contributed by atoms with E-state index in [1.54, 1.807) is 17.9 Å². The molecule has 0 saturated heterocycles. The number of nitrogens with one attached hydrogen (secondary N) is 2. The lowest BCUT2D eigenvalue weighted by Crippen LogP contribution is -2.32. The predicted molar refractivity (Wildman–Crippen MR) is 60.3 cm³/mol. The Morgan fingerprint density at radius 1 is 1.61 bits per heavy atom. The van der Waals surface area contributed by atoms with Crippen LogP contribution >= 0.6 is 0 Å². The molecule has 94 valence electrons. The number of hydrogen-bond donors (Lipinski definition) is 4. The molecule has 0 spiro atoms. The van der Waals surface area contributed by atoms with Crippen molar-refractivity contribution in [3.63, 3.8) is 0 Å². The van der Waals surface area contributed by atoms with Crippen molar-refractivity contribution in [2.24, 2.45) is 7.05 Å². The number of aromatic carboxylic acids is 1. The van der Waals surface area contributed by atoms with Gasteiger partial charge in [0.05, 0.1) is 12.7 Å². The van der Waals surface area contributed by atoms with Crippen molar-refractivity contribution in [3.05, 3.63) is 11.9 Å². The van der Waals surface area contributed by atoms with Crippen LogP contribution in [-0.4, -0.2) is 37.6 Å². The molecule has 8 nitrogen and oxygen atoms in total. The number of anilines is 1. The average molecular weight is 250 g/mol. The van der Waals surface area contributed by atoms with Crippen molar-refractivity contribution in [2.45, 2.75) is 6.54 Å². The first-order valence-electron chi connectivity index (χ1n) is 5.44. The molecular weight excluding hydrogens is 238 g/mol. The van der Waals surface area contributed by atoms with Crippen molar-refractivity contribution in [1.29, 1.82) is 0 Å². The monoisotopic (exact) mass is 250 g/mol. The van der Waals surface area contributed by atoms with Gasteiger partial charge in [-0.3, -0.25) is 0 Å². The Balaban J connectivity index is 2.20. The van der Waals surface area contributed by atoms with Crippen LogP contribution in [0, 0.1) is 0 Å². The van der Waals surface area contributed by atoms with Gasteiger partial charge in [-0.25, -0.2) is 9.48 Å². The fourth-order valence-electron chi connectivity index (χ4n) is 2.21. The zero-order valence-corrected chi connectivity index (χ0v) is 9.64. The van der Waals surface area contributed by atoms with Gasteiger partial charge in [-0.2, -0.15) is 10.2 Å². The van der Waals surface area contributed by atoms with E-state index in [4.69, 9.17) is 5.11 Å². The van der Waals surface area contributed by atoms with Crippen molar-refractivity contribution in [2.75, 3.05) is 11.9 Å². The first kappa shape index (κ1) is 10.6. The second-order valence-corrected chi connectivity index (χ2v) is 4.10. The minimum atomic E-state index is -1.20. The molecule has 8 heteroatoms. The second-order valence-electron chi connectivity index (χ2n) is 4.10. The number of aromatic nitrogens is 4. The van der Waals surface area contributed by atoms with Crippen LogP contribution in [0.2, 0.25) is 0 Å². The molecule has 0 saturated carbocycles. The van der Waals surface area contributed by atoms with Crippen LogP contribution in [0.25, 0.3) is 11.3 Å². The number of fused-ring (bicyclic) bond motifs is 1. The highest BCUT2D eigenvalue weighted by molar-refractivity contribution is 5.91. The molecule has 0 atom stereocenters. The third-order valence-corrected chi connectivity index (χ3v) is 3.00. The molecule has 1 aliphatic heterocycles. The third kappa shape index (κ3) is 1.28. The first-order chi connectivity index (χ1) is 8.59. The summed E-state index contributed by atoms with van der Waals surface area (Å²) in [6.45, 7) is 1.53. The average Bonchev–Trinajstić information content (AvgIpc) is 2.94. The lowest BCUT2D eigenvalue weighted by molar-refractivity contribution is -0.716. The van der Waals surface area contributed by atoms with Gasteiger partial charge >= 0.3 is 5.97 Å². The highest BCUT2D eigenvalue weighted by Gasteiger charge is 2.32. The Morgan fingerprint density at radius 3 is 3.06 bits per heavy atom. The van der Waals surface area contributed by atoms with Crippen molar-refractivity contribution >= 4 is 11.8 Å². The highest BCUT2D eigenvalue weighted by atomic mass is 16.4. The van der Waals surface area contributed by atoms with Gasteiger partial charge in [-0.15, -0.1) is 4.68 Å². The minimum absolute atomic E-state index is 0.231. The number of aryl methyl sites for hydroxylation is 1. The maximum absolute atomic E-state index is 10.9. The zero-order chi connectivity index (χ0) is 12.9. The Bertz CT molecular complexity index is 642. The number of aromatic amines is 1. The van der Waals surface area contributed by atoms with Gasteiger partial charge in [0.25, 0.3) is 5.69 Å². The topological polar surface area (TPSA) is 107 Å². The first-order valence-corrected chi connectivity index (χ1v) is 5.44. The molecule has 0 fully saturated rings. The van der Waals surface area contributed by atoms with Crippen LogP contribution < -0.4 is 10.00 Å². The van der Waals surface area contributed by atoms with Crippen molar-refractivity contribution < 1.29 is 19.7 Å². The summed E-state index contributed by atoms with van der Waals surface area (Å²) >= 11 is 0. The van der Waals surface area contributed by atoms with Gasteiger partial charge in [0.15, 0.2) is 7.05 Å². The maximum Gasteiger partial charge on any atom is 0.362 e. The van der Waals surface area contributed by atoms with E-state index in [-0.39, 0.29) is 11.4 Å². The molecule has 3 heterocycles. The molecule has 0 unspecified atom stereocenters. The quantitative estimate of drug-likeness (QED) is 0.539. The molecule has 0 amide bonds. The van der Waals surface area contributed by atoms with Crippen LogP contribution in [0.5, 0.6) is 5.75 Å². The summed E-state index contributed by atoms with van der Waals surface area (Å²) in [5, 5.41) is 28.9. The summed E-state index contributed by atoms with van der Waals surface area (Å²) in [6, 6.07) is 0. The number of carboxylic acids is 1. The summed E-state index contributed by atoms with van der Waals surface area (Å²) in [5.41, 5.74) is 0.852. The lowest BCUT2D eigenvalue weighted by Gasteiger charge is -1.96. The van der Waals surface area contributed by atoms with E-state index in [2.05, 4.69) is 15.5 Å². The van der Waals surface area contributed by atoms with Crippen molar-refractivity contribution in [1.82, 2.24) is 14.9 Å². The Morgan fingerprint density at radius 2 is 2.39 bits per heavy atom. The highest BCUT2D eigenvalue weighted by Crippen LogP contribution is 2.34. The number of H-pyrrole nitrogens is 1. The summed E-state index contributed by atoms with van der Waals surface area (Å²) in [6.07, 6.45) is 1.61. The van der Waals surface area contributed by atoms with Crippen LogP contribution in [0.3, 0.4) is 0 Å². The number of aromatic hydroxyl groups is 1. The molecule has 4 N–H and O–H groups in total. The zero-order valence-electron chi connectivity index (χ0n) is 9.64. The molecule has 2 aromatic heterocycles. The Labute approximate surface area is 101 Å². The fourth-order valence-corrected chi connectivity index (χ4v) is 2.21. The van der Waals surface area contributed by atoms with Gasteiger partial charge in [0, 0.05) is 6.54 Å². The lowest BCUT2D eigenvalue weighted by atomic mass is 10.2. The van der Waals surface area contributed by atoms with Gasteiger partial charge in [0.1, 0.15) is 11.4 Å². The SMILES string of the molecule is C[n+]1[nH]c(C(=O)O)c(O)c1-c1cnn2c1NCC2. The molecule has 0 aromatic carbocycles. The van der Waals surface area contributed by atoms with E-state index in [1.807, 2.05) is 0 Å². The largest absolute Gasteiger partial charge is 0.500 e. The number of carboxylic acid groups (broad SMARTS) is 1. The van der Waals surface area contributed by atoms with Crippen LogP contribution in [0.1, 0.15) is 10.5 Å². The van der Waals surface area contributed by atoms with Crippen molar-refractivity contribution in [3.8, 4) is 17.0 Å².